The van der Waals surface area contributed by atoms with Crippen LogP contribution in [0, 0.1) is 0 Å². The Morgan fingerprint density at radius 1 is 1.21 bits per heavy atom. The van der Waals surface area contributed by atoms with Crippen LogP contribution in [0.25, 0.3) is 11.0 Å². The Morgan fingerprint density at radius 3 is 2.68 bits per heavy atom. The molecule has 19 heavy (non-hydrogen) atoms. The van der Waals surface area contributed by atoms with Crippen LogP contribution in [0.4, 0.5) is 0 Å². The fourth-order valence-corrected chi connectivity index (χ4v) is 2.01. The number of H-pyrrole nitrogens is 2. The number of benzene rings is 1. The summed E-state index contributed by atoms with van der Waals surface area (Å²) in [7, 11) is 0. The van der Waals surface area contributed by atoms with Crippen LogP contribution >= 0.6 is 0 Å². The van der Waals surface area contributed by atoms with E-state index in [0.717, 1.165) is 23.1 Å². The van der Waals surface area contributed by atoms with Gasteiger partial charge in [-0.1, -0.05) is 6.07 Å². The van der Waals surface area contributed by atoms with Crippen LogP contribution < -0.4 is 11.0 Å². The number of fused-ring (bicyclic) bond motifs is 1. The van der Waals surface area contributed by atoms with Crippen molar-refractivity contribution in [3.8, 4) is 0 Å². The van der Waals surface area contributed by atoms with Crippen molar-refractivity contribution in [3.63, 3.8) is 0 Å². The smallest absolute Gasteiger partial charge is 0.323 e. The first-order valence-corrected chi connectivity index (χ1v) is 6.63. The summed E-state index contributed by atoms with van der Waals surface area (Å²) in [4.78, 5) is 16.7. The second-order valence-electron chi connectivity index (χ2n) is 4.98. The van der Waals surface area contributed by atoms with Crippen LogP contribution in [0.3, 0.4) is 0 Å². The summed E-state index contributed by atoms with van der Waals surface area (Å²) in [5.74, 6) is 0. The van der Waals surface area contributed by atoms with Gasteiger partial charge in [-0.25, -0.2) is 4.79 Å². The highest BCUT2D eigenvalue weighted by molar-refractivity contribution is 5.75. The van der Waals surface area contributed by atoms with E-state index in [1.54, 1.807) is 0 Å². The molecule has 3 N–H and O–H groups in total. The highest BCUT2D eigenvalue weighted by atomic mass is 16.5. The average Bonchev–Trinajstić information content (AvgIpc) is 2.73. The second-order valence-corrected chi connectivity index (χ2v) is 4.98. The van der Waals surface area contributed by atoms with E-state index >= 15 is 0 Å². The van der Waals surface area contributed by atoms with Crippen molar-refractivity contribution < 1.29 is 4.74 Å². The zero-order chi connectivity index (χ0) is 13.8. The molecular formula is C14H21N3O2. The highest BCUT2D eigenvalue weighted by Crippen LogP contribution is 2.16. The summed E-state index contributed by atoms with van der Waals surface area (Å²) >= 11 is 0. The molecule has 1 atom stereocenters. The van der Waals surface area contributed by atoms with Crippen molar-refractivity contribution in [2.24, 2.45) is 0 Å². The molecule has 1 unspecified atom stereocenters. The number of imidazole rings is 1. The number of rotatable bonds is 6. The predicted molar refractivity (Wildman–Crippen MR) is 76.4 cm³/mol. The fourth-order valence-electron chi connectivity index (χ4n) is 2.01. The van der Waals surface area contributed by atoms with Gasteiger partial charge in [-0.3, -0.25) is 0 Å². The Bertz CT molecular complexity index is 586. The largest absolute Gasteiger partial charge is 0.377 e. The molecule has 0 spiro atoms. The lowest BCUT2D eigenvalue weighted by Crippen LogP contribution is -2.24. The van der Waals surface area contributed by atoms with Crippen LogP contribution in [0.2, 0.25) is 0 Å². The van der Waals surface area contributed by atoms with Crippen LogP contribution in [0.5, 0.6) is 0 Å². The molecule has 0 radical (unpaired) electrons. The third-order valence-electron chi connectivity index (χ3n) is 3.04. The number of hydrogen-bond acceptors (Lipinski definition) is 3. The van der Waals surface area contributed by atoms with Gasteiger partial charge in [-0.2, -0.15) is 0 Å². The standard InChI is InChI=1S/C14H21N3O2/c1-9(2)19-7-6-15-10(3)11-4-5-12-13(8-11)17-14(18)16-12/h4-5,8-10,15H,6-7H2,1-3H3,(H2,16,17,18). The molecule has 1 heterocycles. The summed E-state index contributed by atoms with van der Waals surface area (Å²) in [6, 6.07) is 6.16. The van der Waals surface area contributed by atoms with Crippen LogP contribution in [0.1, 0.15) is 32.4 Å². The van der Waals surface area contributed by atoms with Crippen LogP contribution in [-0.4, -0.2) is 29.2 Å². The molecule has 0 aliphatic carbocycles. The van der Waals surface area contributed by atoms with E-state index in [2.05, 4.69) is 22.2 Å². The van der Waals surface area contributed by atoms with Crippen molar-refractivity contribution >= 4 is 11.0 Å². The lowest BCUT2D eigenvalue weighted by atomic mass is 10.1. The maximum atomic E-state index is 11.2. The minimum Gasteiger partial charge on any atom is -0.377 e. The molecule has 1 aromatic carbocycles. The number of aromatic amines is 2. The minimum atomic E-state index is -0.168. The molecule has 0 aliphatic heterocycles. The molecule has 2 rings (SSSR count). The van der Waals surface area contributed by atoms with Gasteiger partial charge in [0.1, 0.15) is 0 Å². The van der Waals surface area contributed by atoms with Gasteiger partial charge in [0.2, 0.25) is 0 Å². The minimum absolute atomic E-state index is 0.168. The lowest BCUT2D eigenvalue weighted by molar-refractivity contribution is 0.0796. The van der Waals surface area contributed by atoms with Gasteiger partial charge in [0.05, 0.1) is 23.7 Å². The molecule has 0 fully saturated rings. The zero-order valence-electron chi connectivity index (χ0n) is 11.6. The van der Waals surface area contributed by atoms with Gasteiger partial charge in [-0.15, -0.1) is 0 Å². The fraction of sp³-hybridized carbons (Fsp3) is 0.500. The Labute approximate surface area is 112 Å². The normalized spacial score (nSPS) is 13.3. The van der Waals surface area contributed by atoms with Crippen LogP contribution in [0.15, 0.2) is 23.0 Å². The maximum Gasteiger partial charge on any atom is 0.323 e. The molecule has 0 saturated heterocycles. The Kier molecular flexibility index (Phi) is 4.39. The van der Waals surface area contributed by atoms with E-state index in [0.29, 0.717) is 6.61 Å². The van der Waals surface area contributed by atoms with E-state index in [-0.39, 0.29) is 17.8 Å². The Hall–Kier alpha value is -1.59. The van der Waals surface area contributed by atoms with Gasteiger partial charge in [0.15, 0.2) is 0 Å². The van der Waals surface area contributed by atoms with Gasteiger partial charge in [-0.05, 0) is 38.5 Å². The first kappa shape index (κ1) is 13.8. The topological polar surface area (TPSA) is 69.9 Å². The summed E-state index contributed by atoms with van der Waals surface area (Å²) in [5, 5.41) is 3.40. The molecule has 1 aromatic heterocycles. The molecule has 5 nitrogen and oxygen atoms in total. The number of ether oxygens (including phenoxy) is 1. The number of hydrogen-bond donors (Lipinski definition) is 3. The number of nitrogens with one attached hydrogen (secondary N) is 3. The number of aromatic nitrogens is 2. The highest BCUT2D eigenvalue weighted by Gasteiger charge is 2.07. The van der Waals surface area contributed by atoms with Gasteiger partial charge in [0, 0.05) is 12.6 Å². The van der Waals surface area contributed by atoms with E-state index in [4.69, 9.17) is 4.74 Å². The third kappa shape index (κ3) is 3.68. The summed E-state index contributed by atoms with van der Waals surface area (Å²) in [6.45, 7) is 7.66. The van der Waals surface area contributed by atoms with Crippen molar-refractivity contribution in [3.05, 3.63) is 34.2 Å². The van der Waals surface area contributed by atoms with Crippen molar-refractivity contribution in [2.45, 2.75) is 32.9 Å². The molecule has 0 amide bonds. The molecule has 0 aliphatic rings. The summed E-state index contributed by atoms with van der Waals surface area (Å²) < 4.78 is 5.49. The quantitative estimate of drug-likeness (QED) is 0.697. The zero-order valence-corrected chi connectivity index (χ0v) is 11.6. The van der Waals surface area contributed by atoms with Gasteiger partial charge in [0.25, 0.3) is 0 Å². The average molecular weight is 263 g/mol. The Morgan fingerprint density at radius 2 is 1.95 bits per heavy atom. The predicted octanol–water partition coefficient (Wildman–Crippen LogP) is 1.93. The molecule has 104 valence electrons. The van der Waals surface area contributed by atoms with E-state index in [1.165, 1.54) is 0 Å². The monoisotopic (exact) mass is 263 g/mol. The van der Waals surface area contributed by atoms with Crippen molar-refractivity contribution in [2.75, 3.05) is 13.2 Å². The second kappa shape index (κ2) is 6.04. The maximum absolute atomic E-state index is 11.2. The van der Waals surface area contributed by atoms with Crippen molar-refractivity contribution in [1.82, 2.24) is 15.3 Å². The molecule has 0 saturated carbocycles. The first-order valence-electron chi connectivity index (χ1n) is 6.63. The van der Waals surface area contributed by atoms with E-state index in [9.17, 15) is 4.79 Å². The van der Waals surface area contributed by atoms with Crippen LogP contribution in [-0.2, 0) is 4.74 Å². The van der Waals surface area contributed by atoms with E-state index in [1.807, 2.05) is 32.0 Å². The molecule has 2 aromatic rings. The first-order chi connectivity index (χ1) is 9.06. The summed E-state index contributed by atoms with van der Waals surface area (Å²) in [6.07, 6.45) is 0.262. The molecule has 5 heteroatoms. The van der Waals surface area contributed by atoms with Gasteiger partial charge < -0.3 is 20.0 Å². The van der Waals surface area contributed by atoms with Gasteiger partial charge >= 0.3 is 5.69 Å². The SMILES string of the molecule is CC(C)OCCNC(C)c1ccc2[nH]c(=O)[nH]c2c1. The lowest BCUT2D eigenvalue weighted by Gasteiger charge is -2.15. The van der Waals surface area contributed by atoms with Crippen molar-refractivity contribution in [1.29, 1.82) is 0 Å². The van der Waals surface area contributed by atoms with E-state index < -0.39 is 0 Å². The Balaban J connectivity index is 1.96. The summed E-state index contributed by atoms with van der Waals surface area (Å²) in [5.41, 5.74) is 2.66. The third-order valence-corrected chi connectivity index (χ3v) is 3.04. The molecule has 0 bridgehead atoms. The molecular weight excluding hydrogens is 242 g/mol.